The first-order valence-corrected chi connectivity index (χ1v) is 5.89. The Morgan fingerprint density at radius 2 is 2.17 bits per heavy atom. The summed E-state index contributed by atoms with van der Waals surface area (Å²) in [5.41, 5.74) is -3.56. The first-order valence-electron chi connectivity index (χ1n) is 5.89. The van der Waals surface area contributed by atoms with E-state index in [-0.39, 0.29) is 23.5 Å². The summed E-state index contributed by atoms with van der Waals surface area (Å²) in [7, 11) is 0. The molecule has 0 spiro atoms. The van der Waals surface area contributed by atoms with Crippen LogP contribution in [0, 0.1) is 27.3 Å². The highest BCUT2D eigenvalue weighted by molar-refractivity contribution is 5.75. The lowest BCUT2D eigenvalue weighted by atomic mass is 10.1. The minimum absolute atomic E-state index is 0.138. The van der Waals surface area contributed by atoms with Crippen LogP contribution in [0.25, 0.3) is 5.57 Å². The highest BCUT2D eigenvalue weighted by Gasteiger charge is 2.36. The second-order valence-corrected chi connectivity index (χ2v) is 4.15. The number of hydrogen-bond acceptors (Lipinski definition) is 7. The van der Waals surface area contributed by atoms with Crippen molar-refractivity contribution in [3.63, 3.8) is 0 Å². The molecule has 0 radical (unpaired) electrons. The second-order valence-electron chi connectivity index (χ2n) is 4.15. The van der Waals surface area contributed by atoms with Gasteiger partial charge in [-0.05, 0) is 11.3 Å². The molecule has 13 heteroatoms. The van der Waals surface area contributed by atoms with E-state index in [1.165, 1.54) is 0 Å². The molecule has 1 heterocycles. The van der Waals surface area contributed by atoms with Gasteiger partial charge in [-0.15, -0.1) is 10.2 Å². The molecule has 0 aliphatic carbocycles. The third kappa shape index (κ3) is 3.43. The maximum atomic E-state index is 13.4. The van der Waals surface area contributed by atoms with E-state index in [1.54, 1.807) is 6.07 Å². The predicted molar refractivity (Wildman–Crippen MR) is 69.4 cm³/mol. The molecule has 0 atom stereocenters. The zero-order chi connectivity index (χ0) is 17.9. The van der Waals surface area contributed by atoms with Gasteiger partial charge < -0.3 is 5.32 Å². The fourth-order valence-electron chi connectivity index (χ4n) is 1.62. The van der Waals surface area contributed by atoms with Gasteiger partial charge in [-0.2, -0.15) is 23.6 Å². The Kier molecular flexibility index (Phi) is 4.40. The van der Waals surface area contributed by atoms with Crippen molar-refractivity contribution in [3.05, 3.63) is 45.7 Å². The lowest BCUT2D eigenvalue weighted by Gasteiger charge is -2.10. The van der Waals surface area contributed by atoms with Crippen molar-refractivity contribution in [2.45, 2.75) is 6.18 Å². The standard InChI is InChI=1S/C11H5F4N7O2/c12-7-2-9(22(23)24)8(1-6(7)11(13,14)15)17-4-5(3-16)10-18-20-21-19-10/h1-2,4,17H,(H,18,19,20,21). The van der Waals surface area contributed by atoms with Crippen molar-refractivity contribution in [1.82, 2.24) is 20.6 Å². The number of nitriles is 1. The lowest BCUT2D eigenvalue weighted by molar-refractivity contribution is -0.384. The maximum absolute atomic E-state index is 13.4. The molecule has 2 aromatic rings. The number of halogens is 4. The smallest absolute Gasteiger partial charge is 0.355 e. The molecule has 2 N–H and O–H groups in total. The van der Waals surface area contributed by atoms with Crippen molar-refractivity contribution < 1.29 is 22.5 Å². The summed E-state index contributed by atoms with van der Waals surface area (Å²) in [6.07, 6.45) is -4.21. The summed E-state index contributed by atoms with van der Waals surface area (Å²) >= 11 is 0. The average Bonchev–Trinajstić information content (AvgIpc) is 3.01. The predicted octanol–water partition coefficient (Wildman–Crippen LogP) is 2.24. The van der Waals surface area contributed by atoms with Crippen molar-refractivity contribution >= 4 is 16.9 Å². The number of aromatic nitrogens is 4. The van der Waals surface area contributed by atoms with Crippen molar-refractivity contribution in [3.8, 4) is 6.07 Å². The molecular formula is C11H5F4N7O2. The van der Waals surface area contributed by atoms with E-state index in [4.69, 9.17) is 5.26 Å². The maximum Gasteiger partial charge on any atom is 0.419 e. The third-order valence-corrected chi connectivity index (χ3v) is 2.67. The Balaban J connectivity index is 2.48. The van der Waals surface area contributed by atoms with Crippen LogP contribution >= 0.6 is 0 Å². The monoisotopic (exact) mass is 343 g/mol. The minimum atomic E-state index is -5.05. The molecule has 0 aliphatic heterocycles. The summed E-state index contributed by atoms with van der Waals surface area (Å²) < 4.78 is 51.6. The number of benzene rings is 1. The van der Waals surface area contributed by atoms with Crippen LogP contribution in [0.5, 0.6) is 0 Å². The number of nitro benzene ring substituents is 1. The molecule has 0 amide bonds. The molecule has 0 unspecified atom stereocenters. The number of hydrogen-bond donors (Lipinski definition) is 2. The van der Waals surface area contributed by atoms with Crippen molar-refractivity contribution in [2.24, 2.45) is 0 Å². The molecule has 1 aromatic heterocycles. The van der Waals surface area contributed by atoms with Crippen LogP contribution in [0.15, 0.2) is 18.3 Å². The SMILES string of the molecule is N#CC(=CNc1cc(C(F)(F)F)c(F)cc1[N+](=O)[O-])c1nn[nH]n1. The highest BCUT2D eigenvalue weighted by Crippen LogP contribution is 2.37. The molecule has 9 nitrogen and oxygen atoms in total. The van der Waals surface area contributed by atoms with Gasteiger partial charge in [-0.1, -0.05) is 0 Å². The largest absolute Gasteiger partial charge is 0.419 e. The van der Waals surface area contributed by atoms with Crippen molar-refractivity contribution in [1.29, 1.82) is 5.26 Å². The van der Waals surface area contributed by atoms with Crippen LogP contribution in [0.1, 0.15) is 11.4 Å². The van der Waals surface area contributed by atoms with Gasteiger partial charge in [0.1, 0.15) is 23.1 Å². The number of tetrazole rings is 1. The number of H-pyrrole nitrogens is 1. The van der Waals surface area contributed by atoms with E-state index in [9.17, 15) is 27.7 Å². The quantitative estimate of drug-likeness (QED) is 0.376. The van der Waals surface area contributed by atoms with Gasteiger partial charge in [0, 0.05) is 6.20 Å². The van der Waals surface area contributed by atoms with E-state index in [0.29, 0.717) is 0 Å². The number of anilines is 1. The number of rotatable bonds is 4. The number of allylic oxidation sites excluding steroid dienone is 1. The minimum Gasteiger partial charge on any atom is -0.355 e. The van der Waals surface area contributed by atoms with Gasteiger partial charge in [0.2, 0.25) is 5.82 Å². The third-order valence-electron chi connectivity index (χ3n) is 2.67. The Bertz CT molecular complexity index is 839. The van der Waals surface area contributed by atoms with E-state index < -0.39 is 33.9 Å². The highest BCUT2D eigenvalue weighted by atomic mass is 19.4. The van der Waals surface area contributed by atoms with E-state index in [2.05, 4.69) is 25.9 Å². The van der Waals surface area contributed by atoms with E-state index in [1.807, 2.05) is 0 Å². The van der Waals surface area contributed by atoms with Crippen molar-refractivity contribution in [2.75, 3.05) is 5.32 Å². The molecule has 0 fully saturated rings. The van der Waals surface area contributed by atoms with E-state index >= 15 is 0 Å². The topological polar surface area (TPSA) is 133 Å². The molecule has 24 heavy (non-hydrogen) atoms. The van der Waals surface area contributed by atoms with Gasteiger partial charge in [0.25, 0.3) is 5.69 Å². The Morgan fingerprint density at radius 1 is 1.46 bits per heavy atom. The summed E-state index contributed by atoms with van der Waals surface area (Å²) in [6, 6.07) is 2.00. The Hall–Kier alpha value is -3.56. The molecule has 0 bridgehead atoms. The molecule has 0 saturated heterocycles. The summed E-state index contributed by atoms with van der Waals surface area (Å²) in [5, 5.41) is 34.1. The fourth-order valence-corrected chi connectivity index (χ4v) is 1.62. The molecule has 1 aromatic carbocycles. The molecular weight excluding hydrogens is 338 g/mol. The van der Waals surface area contributed by atoms with Gasteiger partial charge in [-0.3, -0.25) is 10.1 Å². The van der Waals surface area contributed by atoms with Gasteiger partial charge in [-0.25, -0.2) is 4.39 Å². The number of nitrogens with zero attached hydrogens (tertiary/aromatic N) is 5. The molecule has 0 saturated carbocycles. The number of aromatic amines is 1. The zero-order valence-corrected chi connectivity index (χ0v) is 11.3. The molecule has 0 aliphatic rings. The van der Waals surface area contributed by atoms with Crippen LogP contribution in [-0.4, -0.2) is 25.5 Å². The fraction of sp³-hybridized carbons (Fsp3) is 0.0909. The van der Waals surface area contributed by atoms with Gasteiger partial charge >= 0.3 is 6.18 Å². The first-order chi connectivity index (χ1) is 11.2. The van der Waals surface area contributed by atoms with Crippen LogP contribution < -0.4 is 5.32 Å². The van der Waals surface area contributed by atoms with Crippen LogP contribution in [-0.2, 0) is 6.18 Å². The Morgan fingerprint density at radius 3 is 2.67 bits per heavy atom. The normalized spacial score (nSPS) is 11.9. The molecule has 2 rings (SSSR count). The molecule has 124 valence electrons. The summed E-state index contributed by atoms with van der Waals surface area (Å²) in [5.74, 6) is -1.98. The van der Waals surface area contributed by atoms with Crippen LogP contribution in [0.4, 0.5) is 28.9 Å². The zero-order valence-electron chi connectivity index (χ0n) is 11.3. The lowest BCUT2D eigenvalue weighted by Crippen LogP contribution is -2.10. The second kappa shape index (κ2) is 6.28. The number of nitro groups is 1. The summed E-state index contributed by atoms with van der Waals surface area (Å²) in [4.78, 5) is 9.80. The van der Waals surface area contributed by atoms with Crippen LogP contribution in [0.2, 0.25) is 0 Å². The average molecular weight is 343 g/mol. The van der Waals surface area contributed by atoms with E-state index in [0.717, 1.165) is 6.20 Å². The van der Waals surface area contributed by atoms with Crippen LogP contribution in [0.3, 0.4) is 0 Å². The number of alkyl halides is 3. The van der Waals surface area contributed by atoms with Gasteiger partial charge in [0.05, 0.1) is 16.6 Å². The summed E-state index contributed by atoms with van der Waals surface area (Å²) in [6.45, 7) is 0. The first kappa shape index (κ1) is 16.8. The Labute approximate surface area is 129 Å². The number of nitrogens with one attached hydrogen (secondary N) is 2. The van der Waals surface area contributed by atoms with Gasteiger partial charge in [0.15, 0.2) is 0 Å².